The highest BCUT2D eigenvalue weighted by molar-refractivity contribution is 6.22. The lowest BCUT2D eigenvalue weighted by Crippen LogP contribution is -2.43. The Bertz CT molecular complexity index is 976. The summed E-state index contributed by atoms with van der Waals surface area (Å²) in [5.74, 6) is -2.42. The highest BCUT2D eigenvalue weighted by Gasteiger charge is 2.42. The number of hydrogen-bond donors (Lipinski definition) is 1. The molecule has 1 atom stereocenters. The first-order chi connectivity index (χ1) is 14.1. The van der Waals surface area contributed by atoms with Crippen LogP contribution in [0, 0.1) is 5.82 Å². The molecular weight excluding hydrogens is 406 g/mol. The van der Waals surface area contributed by atoms with E-state index in [2.05, 4.69) is 5.32 Å². The fraction of sp³-hybridized carbons (Fsp3) is 0.250. The highest BCUT2D eigenvalue weighted by Crippen LogP contribution is 2.34. The van der Waals surface area contributed by atoms with Gasteiger partial charge in [0.2, 0.25) is 11.8 Å². The Balaban J connectivity index is 1.69. The maximum absolute atomic E-state index is 13.1. The first-order valence-electron chi connectivity index (χ1n) is 8.86. The van der Waals surface area contributed by atoms with E-state index in [1.807, 2.05) is 0 Å². The normalized spacial score (nSPS) is 17.0. The van der Waals surface area contributed by atoms with Crippen molar-refractivity contribution < 1.29 is 31.9 Å². The first-order valence-corrected chi connectivity index (χ1v) is 8.86. The standard InChI is InChI=1S/C20H17F4N3O3/c1-26(11-17(28)25-15-5-3-2-4-14(15)20(22,23)24)16-10-18(29)27(19(16)30)13-8-6-12(21)7-9-13/h2-9,16H,10-11H2,1H3,(H,25,28). The van der Waals surface area contributed by atoms with Gasteiger partial charge in [0.05, 0.1) is 35.9 Å². The number of carbonyl (C=O) groups is 3. The number of benzene rings is 2. The van der Waals surface area contributed by atoms with Crippen LogP contribution in [0.4, 0.5) is 28.9 Å². The van der Waals surface area contributed by atoms with E-state index in [0.717, 1.165) is 29.2 Å². The van der Waals surface area contributed by atoms with Crippen molar-refractivity contribution in [2.45, 2.75) is 18.6 Å². The van der Waals surface area contributed by atoms with Crippen molar-refractivity contribution in [2.75, 3.05) is 23.8 Å². The van der Waals surface area contributed by atoms with Gasteiger partial charge in [-0.25, -0.2) is 9.29 Å². The Morgan fingerprint density at radius 1 is 1.13 bits per heavy atom. The second kappa shape index (κ2) is 8.23. The number of nitrogens with zero attached hydrogens (tertiary/aromatic N) is 2. The summed E-state index contributed by atoms with van der Waals surface area (Å²) in [5.41, 5.74) is -1.19. The molecule has 0 aliphatic carbocycles. The van der Waals surface area contributed by atoms with Crippen molar-refractivity contribution in [3.63, 3.8) is 0 Å². The Hall–Kier alpha value is -3.27. The number of para-hydroxylation sites is 1. The third kappa shape index (κ3) is 4.48. The molecule has 1 unspecified atom stereocenters. The van der Waals surface area contributed by atoms with Crippen molar-refractivity contribution in [2.24, 2.45) is 0 Å². The number of alkyl halides is 3. The minimum atomic E-state index is -4.64. The third-order valence-corrected chi connectivity index (χ3v) is 4.64. The first kappa shape index (κ1) is 21.4. The molecule has 1 N–H and O–H groups in total. The Labute approximate surface area is 169 Å². The van der Waals surface area contributed by atoms with Gasteiger partial charge in [0, 0.05) is 0 Å². The Morgan fingerprint density at radius 3 is 2.40 bits per heavy atom. The summed E-state index contributed by atoms with van der Waals surface area (Å²) in [6.45, 7) is -0.410. The molecule has 1 fully saturated rings. The summed E-state index contributed by atoms with van der Waals surface area (Å²) >= 11 is 0. The van der Waals surface area contributed by atoms with E-state index in [0.29, 0.717) is 0 Å². The van der Waals surface area contributed by atoms with E-state index in [4.69, 9.17) is 0 Å². The molecule has 30 heavy (non-hydrogen) atoms. The lowest BCUT2D eigenvalue weighted by molar-refractivity contribution is -0.137. The van der Waals surface area contributed by atoms with Crippen LogP contribution >= 0.6 is 0 Å². The number of likely N-dealkylation sites (N-methyl/N-ethyl adjacent to an activating group) is 1. The second-order valence-electron chi connectivity index (χ2n) is 6.77. The van der Waals surface area contributed by atoms with Gasteiger partial charge in [-0.05, 0) is 43.4 Å². The van der Waals surface area contributed by atoms with Crippen LogP contribution in [-0.2, 0) is 20.6 Å². The molecule has 2 aromatic rings. The minimum Gasteiger partial charge on any atom is -0.324 e. The second-order valence-corrected chi connectivity index (χ2v) is 6.77. The number of rotatable bonds is 5. The van der Waals surface area contributed by atoms with Gasteiger partial charge in [-0.2, -0.15) is 13.2 Å². The van der Waals surface area contributed by atoms with Gasteiger partial charge in [-0.1, -0.05) is 12.1 Å². The lowest BCUT2D eigenvalue weighted by Gasteiger charge is -2.22. The number of anilines is 2. The van der Waals surface area contributed by atoms with Crippen molar-refractivity contribution in [1.82, 2.24) is 4.90 Å². The summed E-state index contributed by atoms with van der Waals surface area (Å²) < 4.78 is 52.3. The SMILES string of the molecule is CN(CC(=O)Nc1ccccc1C(F)(F)F)C1CC(=O)N(c2ccc(F)cc2)C1=O. The average Bonchev–Trinajstić information content (AvgIpc) is 2.96. The molecule has 158 valence electrons. The lowest BCUT2D eigenvalue weighted by atomic mass is 10.1. The summed E-state index contributed by atoms with van der Waals surface area (Å²) in [4.78, 5) is 39.4. The molecule has 1 saturated heterocycles. The van der Waals surface area contributed by atoms with Gasteiger partial charge >= 0.3 is 6.18 Å². The van der Waals surface area contributed by atoms with Crippen LogP contribution in [-0.4, -0.2) is 42.3 Å². The van der Waals surface area contributed by atoms with Gasteiger partial charge in [0.25, 0.3) is 5.91 Å². The zero-order chi connectivity index (χ0) is 22.1. The number of halogens is 4. The molecule has 0 aromatic heterocycles. The van der Waals surface area contributed by atoms with Crippen LogP contribution in [0.15, 0.2) is 48.5 Å². The van der Waals surface area contributed by atoms with Crippen LogP contribution in [0.2, 0.25) is 0 Å². The fourth-order valence-corrected chi connectivity index (χ4v) is 3.19. The minimum absolute atomic E-state index is 0.200. The third-order valence-electron chi connectivity index (χ3n) is 4.64. The average molecular weight is 423 g/mol. The Kier molecular flexibility index (Phi) is 5.88. The predicted octanol–water partition coefficient (Wildman–Crippen LogP) is 3.05. The largest absolute Gasteiger partial charge is 0.418 e. The summed E-state index contributed by atoms with van der Waals surface area (Å²) in [5, 5.41) is 2.19. The summed E-state index contributed by atoms with van der Waals surface area (Å²) in [6.07, 6.45) is -4.85. The van der Waals surface area contributed by atoms with Crippen molar-refractivity contribution in [3.8, 4) is 0 Å². The zero-order valence-electron chi connectivity index (χ0n) is 15.7. The van der Waals surface area contributed by atoms with E-state index in [1.54, 1.807) is 0 Å². The van der Waals surface area contributed by atoms with Crippen LogP contribution in [0.1, 0.15) is 12.0 Å². The van der Waals surface area contributed by atoms with E-state index in [1.165, 1.54) is 36.2 Å². The van der Waals surface area contributed by atoms with Crippen LogP contribution in [0.25, 0.3) is 0 Å². The van der Waals surface area contributed by atoms with E-state index in [-0.39, 0.29) is 12.1 Å². The summed E-state index contributed by atoms with van der Waals surface area (Å²) in [7, 11) is 1.42. The predicted molar refractivity (Wildman–Crippen MR) is 100 cm³/mol. The number of imide groups is 1. The van der Waals surface area contributed by atoms with Crippen LogP contribution in [0.3, 0.4) is 0 Å². The van der Waals surface area contributed by atoms with Gasteiger partial charge in [-0.15, -0.1) is 0 Å². The van der Waals surface area contributed by atoms with Crippen LogP contribution in [0.5, 0.6) is 0 Å². The molecule has 1 aliphatic heterocycles. The van der Waals surface area contributed by atoms with Gasteiger partial charge in [0.1, 0.15) is 5.82 Å². The molecule has 0 spiro atoms. The van der Waals surface area contributed by atoms with Crippen LogP contribution < -0.4 is 10.2 Å². The molecule has 6 nitrogen and oxygen atoms in total. The smallest absolute Gasteiger partial charge is 0.324 e. The molecule has 0 bridgehead atoms. The van der Waals surface area contributed by atoms with Crippen molar-refractivity contribution in [3.05, 3.63) is 59.9 Å². The van der Waals surface area contributed by atoms with Gasteiger partial charge in [0.15, 0.2) is 0 Å². The fourth-order valence-electron chi connectivity index (χ4n) is 3.19. The molecule has 1 heterocycles. The maximum atomic E-state index is 13.1. The molecule has 10 heteroatoms. The number of carbonyl (C=O) groups excluding carboxylic acids is 3. The summed E-state index contributed by atoms with van der Waals surface area (Å²) in [6, 6.07) is 8.36. The molecule has 3 rings (SSSR count). The molecule has 3 amide bonds. The Morgan fingerprint density at radius 2 is 1.77 bits per heavy atom. The van der Waals surface area contributed by atoms with Crippen molar-refractivity contribution in [1.29, 1.82) is 0 Å². The molecule has 0 saturated carbocycles. The van der Waals surface area contributed by atoms with Gasteiger partial charge in [-0.3, -0.25) is 19.3 Å². The highest BCUT2D eigenvalue weighted by atomic mass is 19.4. The zero-order valence-corrected chi connectivity index (χ0v) is 15.7. The topological polar surface area (TPSA) is 69.7 Å². The van der Waals surface area contributed by atoms with E-state index in [9.17, 15) is 31.9 Å². The molecule has 1 aliphatic rings. The van der Waals surface area contributed by atoms with Crippen molar-refractivity contribution >= 4 is 29.1 Å². The van der Waals surface area contributed by atoms with Gasteiger partial charge < -0.3 is 5.32 Å². The number of amides is 3. The number of nitrogens with one attached hydrogen (secondary N) is 1. The van der Waals surface area contributed by atoms with E-state index >= 15 is 0 Å². The maximum Gasteiger partial charge on any atom is 0.418 e. The number of hydrogen-bond acceptors (Lipinski definition) is 4. The molecule has 2 aromatic carbocycles. The van der Waals surface area contributed by atoms with E-state index < -0.39 is 53.6 Å². The molecular formula is C20H17F4N3O3. The monoisotopic (exact) mass is 423 g/mol. The quantitative estimate of drug-likeness (QED) is 0.593. The molecule has 0 radical (unpaired) electrons.